The van der Waals surface area contributed by atoms with E-state index in [-0.39, 0.29) is 25.2 Å². The van der Waals surface area contributed by atoms with Gasteiger partial charge in [0.15, 0.2) is 0 Å². The van der Waals surface area contributed by atoms with E-state index >= 15 is 0 Å². The van der Waals surface area contributed by atoms with Gasteiger partial charge in [-0.3, -0.25) is 9.59 Å². The van der Waals surface area contributed by atoms with Gasteiger partial charge in [0.05, 0.1) is 0 Å². The molecule has 0 amide bonds. The number of carbonyl (C=O) groups excluding carboxylic acids is 2. The lowest BCUT2D eigenvalue weighted by atomic mass is 9.93. The zero-order valence-electron chi connectivity index (χ0n) is 10.5. The molecule has 0 saturated carbocycles. The average Bonchev–Trinajstić information content (AvgIpc) is 2.24. The van der Waals surface area contributed by atoms with Crippen LogP contribution in [0.5, 0.6) is 0 Å². The molecular formula is C13H18O4. The second-order valence-electron chi connectivity index (χ2n) is 4.20. The summed E-state index contributed by atoms with van der Waals surface area (Å²) in [4.78, 5) is 21.6. The first kappa shape index (κ1) is 13.5. The molecule has 0 fully saturated rings. The first-order valence-electron chi connectivity index (χ1n) is 5.61. The molecule has 0 saturated heterocycles. The van der Waals surface area contributed by atoms with Crippen LogP contribution in [0.25, 0.3) is 0 Å². The number of hydrogen-bond donors (Lipinski definition) is 0. The number of ether oxygens (including phenoxy) is 2. The maximum atomic E-state index is 10.8. The van der Waals surface area contributed by atoms with E-state index in [9.17, 15) is 9.59 Å². The summed E-state index contributed by atoms with van der Waals surface area (Å²) in [5.74, 6) is -0.591. The summed E-state index contributed by atoms with van der Waals surface area (Å²) in [6, 6.07) is 0. The molecule has 0 aromatic heterocycles. The molecule has 0 heterocycles. The zero-order chi connectivity index (χ0) is 12.8. The fraction of sp³-hybridized carbons (Fsp3) is 0.538. The molecule has 0 N–H and O–H groups in total. The number of rotatable bonds is 4. The van der Waals surface area contributed by atoms with Gasteiger partial charge in [-0.2, -0.15) is 0 Å². The Balaban J connectivity index is 2.65. The van der Waals surface area contributed by atoms with E-state index in [2.05, 4.69) is 6.08 Å². The molecule has 0 unspecified atom stereocenters. The lowest BCUT2D eigenvalue weighted by molar-refractivity contribution is -0.141. The van der Waals surface area contributed by atoms with E-state index in [4.69, 9.17) is 9.47 Å². The lowest BCUT2D eigenvalue weighted by Gasteiger charge is -2.19. The summed E-state index contributed by atoms with van der Waals surface area (Å²) in [6.07, 6.45) is 3.65. The Labute approximate surface area is 101 Å². The monoisotopic (exact) mass is 238 g/mol. The average molecular weight is 238 g/mol. The van der Waals surface area contributed by atoms with Gasteiger partial charge in [0, 0.05) is 13.8 Å². The topological polar surface area (TPSA) is 52.6 Å². The summed E-state index contributed by atoms with van der Waals surface area (Å²) in [5, 5.41) is 0. The quantitative estimate of drug-likeness (QED) is 0.556. The summed E-state index contributed by atoms with van der Waals surface area (Å²) < 4.78 is 9.99. The highest BCUT2D eigenvalue weighted by Crippen LogP contribution is 2.25. The Morgan fingerprint density at radius 2 is 1.65 bits per heavy atom. The van der Waals surface area contributed by atoms with Gasteiger partial charge in [-0.15, -0.1) is 0 Å². The number of esters is 2. The molecule has 0 aromatic rings. The zero-order valence-corrected chi connectivity index (χ0v) is 10.5. The molecule has 94 valence electrons. The summed E-state index contributed by atoms with van der Waals surface area (Å²) in [7, 11) is 0. The summed E-state index contributed by atoms with van der Waals surface area (Å²) in [5.41, 5.74) is 3.33. The van der Waals surface area contributed by atoms with Crippen molar-refractivity contribution in [2.24, 2.45) is 0 Å². The van der Waals surface area contributed by atoms with Crippen LogP contribution in [0.2, 0.25) is 0 Å². The second-order valence-corrected chi connectivity index (χ2v) is 4.20. The molecular weight excluding hydrogens is 220 g/mol. The fourth-order valence-corrected chi connectivity index (χ4v) is 1.67. The van der Waals surface area contributed by atoms with Gasteiger partial charge in [-0.1, -0.05) is 11.6 Å². The SMILES string of the molecule is CC(=O)OCC1=C(COC(C)=O)CC(C)=CC1. The van der Waals surface area contributed by atoms with Crippen molar-refractivity contribution >= 4 is 11.9 Å². The van der Waals surface area contributed by atoms with Crippen LogP contribution in [0.4, 0.5) is 0 Å². The van der Waals surface area contributed by atoms with Crippen LogP contribution in [0.1, 0.15) is 33.6 Å². The van der Waals surface area contributed by atoms with Crippen molar-refractivity contribution in [2.75, 3.05) is 13.2 Å². The third-order valence-corrected chi connectivity index (χ3v) is 2.59. The molecule has 17 heavy (non-hydrogen) atoms. The molecule has 1 rings (SSSR count). The van der Waals surface area contributed by atoms with Gasteiger partial charge in [0.25, 0.3) is 0 Å². The van der Waals surface area contributed by atoms with Gasteiger partial charge in [0.1, 0.15) is 13.2 Å². The minimum atomic E-state index is -0.296. The first-order chi connectivity index (χ1) is 7.99. The largest absolute Gasteiger partial charge is 0.461 e. The molecule has 0 spiro atoms. The molecule has 0 aromatic carbocycles. The van der Waals surface area contributed by atoms with E-state index in [1.807, 2.05) is 6.92 Å². The summed E-state index contributed by atoms with van der Waals surface area (Å²) in [6.45, 7) is 5.39. The van der Waals surface area contributed by atoms with E-state index in [1.54, 1.807) is 0 Å². The smallest absolute Gasteiger partial charge is 0.302 e. The van der Waals surface area contributed by atoms with Crippen molar-refractivity contribution < 1.29 is 19.1 Å². The van der Waals surface area contributed by atoms with Gasteiger partial charge in [0.2, 0.25) is 0 Å². The fourth-order valence-electron chi connectivity index (χ4n) is 1.67. The molecule has 0 bridgehead atoms. The van der Waals surface area contributed by atoms with Crippen molar-refractivity contribution in [1.82, 2.24) is 0 Å². The third-order valence-electron chi connectivity index (χ3n) is 2.59. The minimum absolute atomic E-state index is 0.287. The molecule has 0 radical (unpaired) electrons. The Morgan fingerprint density at radius 3 is 2.18 bits per heavy atom. The van der Waals surface area contributed by atoms with Crippen molar-refractivity contribution in [2.45, 2.75) is 33.6 Å². The lowest BCUT2D eigenvalue weighted by Crippen LogP contribution is -2.13. The molecule has 1 aliphatic rings. The highest BCUT2D eigenvalue weighted by Gasteiger charge is 2.14. The number of carbonyl (C=O) groups is 2. The highest BCUT2D eigenvalue weighted by molar-refractivity contribution is 5.66. The van der Waals surface area contributed by atoms with Crippen molar-refractivity contribution in [1.29, 1.82) is 0 Å². The van der Waals surface area contributed by atoms with Crippen molar-refractivity contribution in [3.8, 4) is 0 Å². The van der Waals surface area contributed by atoms with Crippen molar-refractivity contribution in [3.63, 3.8) is 0 Å². The summed E-state index contributed by atoms with van der Waals surface area (Å²) >= 11 is 0. The molecule has 0 atom stereocenters. The highest BCUT2D eigenvalue weighted by atomic mass is 16.5. The van der Waals surface area contributed by atoms with E-state index in [1.165, 1.54) is 19.4 Å². The van der Waals surface area contributed by atoms with Crippen LogP contribution in [0.3, 0.4) is 0 Å². The number of allylic oxidation sites excluding steroid dienone is 2. The number of hydrogen-bond acceptors (Lipinski definition) is 4. The Morgan fingerprint density at radius 1 is 1.12 bits per heavy atom. The van der Waals surface area contributed by atoms with Crippen LogP contribution in [0.15, 0.2) is 22.8 Å². The first-order valence-corrected chi connectivity index (χ1v) is 5.61. The van der Waals surface area contributed by atoms with Gasteiger partial charge in [-0.05, 0) is 30.9 Å². The maximum Gasteiger partial charge on any atom is 0.302 e. The van der Waals surface area contributed by atoms with Crippen LogP contribution in [0, 0.1) is 0 Å². The minimum Gasteiger partial charge on any atom is -0.461 e. The van der Waals surface area contributed by atoms with Crippen LogP contribution < -0.4 is 0 Å². The third kappa shape index (κ3) is 4.85. The molecule has 4 nitrogen and oxygen atoms in total. The van der Waals surface area contributed by atoms with Gasteiger partial charge in [-0.25, -0.2) is 0 Å². The van der Waals surface area contributed by atoms with E-state index in [0.29, 0.717) is 0 Å². The molecule has 0 aliphatic heterocycles. The Kier molecular flexibility index (Phi) is 4.94. The molecule has 1 aliphatic carbocycles. The standard InChI is InChI=1S/C13H18O4/c1-9-4-5-12(7-16-10(2)14)13(6-9)8-17-11(3)15/h4H,5-8H2,1-3H3. The van der Waals surface area contributed by atoms with E-state index < -0.39 is 0 Å². The predicted molar refractivity (Wildman–Crippen MR) is 63.3 cm³/mol. The maximum absolute atomic E-state index is 10.8. The van der Waals surface area contributed by atoms with E-state index in [0.717, 1.165) is 24.0 Å². The van der Waals surface area contributed by atoms with Gasteiger partial charge < -0.3 is 9.47 Å². The van der Waals surface area contributed by atoms with Crippen LogP contribution in [-0.4, -0.2) is 25.2 Å². The van der Waals surface area contributed by atoms with Gasteiger partial charge >= 0.3 is 11.9 Å². The second kappa shape index (κ2) is 6.23. The predicted octanol–water partition coefficient (Wildman–Crippen LogP) is 2.15. The van der Waals surface area contributed by atoms with Crippen LogP contribution in [-0.2, 0) is 19.1 Å². The Hall–Kier alpha value is -1.58. The molecule has 4 heteroatoms. The normalized spacial score (nSPS) is 15.4. The Bertz CT molecular complexity index is 377. The van der Waals surface area contributed by atoms with Crippen molar-refractivity contribution in [3.05, 3.63) is 22.8 Å². The van der Waals surface area contributed by atoms with Crippen LogP contribution >= 0.6 is 0 Å².